The summed E-state index contributed by atoms with van der Waals surface area (Å²) in [5.41, 5.74) is 0. The summed E-state index contributed by atoms with van der Waals surface area (Å²) in [4.78, 5) is 9.18. The van der Waals surface area contributed by atoms with Crippen molar-refractivity contribution in [2.75, 3.05) is 72.7 Å². The van der Waals surface area contributed by atoms with Crippen molar-refractivity contribution >= 4 is 29.9 Å². The molecule has 2 aliphatic rings. The van der Waals surface area contributed by atoms with Gasteiger partial charge in [-0.05, 0) is 25.0 Å². The molecule has 0 radical (unpaired) electrons. The lowest BCUT2D eigenvalue weighted by Gasteiger charge is -2.36. The maximum atomic E-state index is 5.80. The molecule has 0 spiro atoms. The second kappa shape index (κ2) is 14.0. The second-order valence-corrected chi connectivity index (χ2v) is 7.17. The predicted molar refractivity (Wildman–Crippen MR) is 127 cm³/mol. The van der Waals surface area contributed by atoms with Gasteiger partial charge in [-0.25, -0.2) is 0 Å². The summed E-state index contributed by atoms with van der Waals surface area (Å²) in [5, 5.41) is 3.41. The first-order chi connectivity index (χ1) is 13.8. The average Bonchev–Trinajstić information content (AvgIpc) is 3.26. The fourth-order valence-corrected chi connectivity index (χ4v) is 3.55. The van der Waals surface area contributed by atoms with Crippen molar-refractivity contribution in [1.82, 2.24) is 15.1 Å². The van der Waals surface area contributed by atoms with Crippen LogP contribution in [0.25, 0.3) is 0 Å². The van der Waals surface area contributed by atoms with E-state index in [0.29, 0.717) is 19.3 Å². The van der Waals surface area contributed by atoms with Gasteiger partial charge in [0, 0.05) is 52.9 Å². The van der Waals surface area contributed by atoms with E-state index in [2.05, 4.69) is 20.1 Å². The minimum absolute atomic E-state index is 0. The van der Waals surface area contributed by atoms with E-state index in [9.17, 15) is 0 Å². The molecule has 0 aliphatic carbocycles. The molecule has 1 N–H and O–H groups in total. The number of para-hydroxylation sites is 1. The number of ether oxygens (including phenoxy) is 3. The van der Waals surface area contributed by atoms with E-state index in [1.165, 1.54) is 0 Å². The summed E-state index contributed by atoms with van der Waals surface area (Å²) in [7, 11) is 1.84. The lowest BCUT2D eigenvalue weighted by Crippen LogP contribution is -2.53. The largest absolute Gasteiger partial charge is 0.492 e. The van der Waals surface area contributed by atoms with Crippen LogP contribution in [0.2, 0.25) is 0 Å². The van der Waals surface area contributed by atoms with Crippen LogP contribution in [0.5, 0.6) is 5.75 Å². The fourth-order valence-electron chi connectivity index (χ4n) is 3.55. The summed E-state index contributed by atoms with van der Waals surface area (Å²) in [6, 6.07) is 10.00. The molecule has 0 aromatic heterocycles. The highest BCUT2D eigenvalue weighted by Gasteiger charge is 2.19. The van der Waals surface area contributed by atoms with Crippen molar-refractivity contribution < 1.29 is 14.2 Å². The van der Waals surface area contributed by atoms with Gasteiger partial charge < -0.3 is 24.4 Å². The van der Waals surface area contributed by atoms with E-state index in [1.54, 1.807) is 0 Å². The van der Waals surface area contributed by atoms with Crippen LogP contribution in [0.1, 0.15) is 12.8 Å². The molecule has 1 unspecified atom stereocenters. The van der Waals surface area contributed by atoms with E-state index in [4.69, 9.17) is 14.2 Å². The zero-order valence-electron chi connectivity index (χ0n) is 17.4. The summed E-state index contributed by atoms with van der Waals surface area (Å²) in [6.07, 6.45) is 2.57. The summed E-state index contributed by atoms with van der Waals surface area (Å²) >= 11 is 0. The first-order valence-electron chi connectivity index (χ1n) is 10.4. The Balaban J connectivity index is 0.00000300. The lowest BCUT2D eigenvalue weighted by atomic mass is 10.2. The number of nitrogens with one attached hydrogen (secondary N) is 1. The van der Waals surface area contributed by atoms with Gasteiger partial charge in [0.15, 0.2) is 5.96 Å². The highest BCUT2D eigenvalue weighted by molar-refractivity contribution is 14.0. The molecule has 164 valence electrons. The molecule has 1 atom stereocenters. The number of hydrogen-bond acceptors (Lipinski definition) is 5. The number of guanidine groups is 1. The normalized spacial score (nSPS) is 20.4. The Labute approximate surface area is 191 Å². The Morgan fingerprint density at radius 2 is 1.97 bits per heavy atom. The number of piperazine rings is 1. The van der Waals surface area contributed by atoms with Crippen LogP contribution in [0, 0.1) is 0 Å². The molecule has 3 rings (SSSR count). The fraction of sp³-hybridized carbons (Fsp3) is 0.667. The summed E-state index contributed by atoms with van der Waals surface area (Å²) in [5.74, 6) is 1.90. The van der Waals surface area contributed by atoms with Crippen LogP contribution >= 0.6 is 24.0 Å². The molecule has 2 heterocycles. The van der Waals surface area contributed by atoms with Gasteiger partial charge in [0.2, 0.25) is 0 Å². The second-order valence-electron chi connectivity index (χ2n) is 7.17. The molecule has 7 nitrogen and oxygen atoms in total. The predicted octanol–water partition coefficient (Wildman–Crippen LogP) is 2.07. The van der Waals surface area contributed by atoms with Gasteiger partial charge in [0.05, 0.1) is 19.3 Å². The van der Waals surface area contributed by atoms with Crippen molar-refractivity contribution in [1.29, 1.82) is 0 Å². The maximum Gasteiger partial charge on any atom is 0.193 e. The zero-order chi connectivity index (χ0) is 19.4. The van der Waals surface area contributed by atoms with Gasteiger partial charge in [-0.2, -0.15) is 0 Å². The van der Waals surface area contributed by atoms with Crippen LogP contribution in [-0.4, -0.2) is 94.6 Å². The molecule has 0 saturated carbocycles. The highest BCUT2D eigenvalue weighted by atomic mass is 127. The summed E-state index contributed by atoms with van der Waals surface area (Å²) in [6.45, 7) is 8.69. The molecule has 2 saturated heterocycles. The van der Waals surface area contributed by atoms with Crippen LogP contribution in [0.15, 0.2) is 35.3 Å². The first-order valence-corrected chi connectivity index (χ1v) is 10.4. The number of hydrogen-bond donors (Lipinski definition) is 1. The third-order valence-corrected chi connectivity index (χ3v) is 5.16. The third kappa shape index (κ3) is 8.65. The van der Waals surface area contributed by atoms with Crippen molar-refractivity contribution in [3.05, 3.63) is 30.3 Å². The minimum atomic E-state index is 0. The molecule has 2 fully saturated rings. The number of rotatable bonds is 9. The standard InChI is InChI=1S/C21H34N4O3.HI/c1-22-21(23-9-16-26-18-20-8-5-15-27-20)25-12-10-24(11-13-25)14-17-28-19-6-3-2-4-7-19;/h2-4,6-7,20H,5,8-18H2,1H3,(H,22,23);1H. The van der Waals surface area contributed by atoms with Crippen molar-refractivity contribution in [3.8, 4) is 5.75 Å². The monoisotopic (exact) mass is 518 g/mol. The Morgan fingerprint density at radius 3 is 2.66 bits per heavy atom. The lowest BCUT2D eigenvalue weighted by molar-refractivity contribution is 0.0189. The average molecular weight is 518 g/mol. The van der Waals surface area contributed by atoms with Crippen LogP contribution in [-0.2, 0) is 9.47 Å². The van der Waals surface area contributed by atoms with Crippen molar-refractivity contribution in [2.24, 2.45) is 4.99 Å². The highest BCUT2D eigenvalue weighted by Crippen LogP contribution is 2.11. The van der Waals surface area contributed by atoms with Gasteiger partial charge in [-0.1, -0.05) is 18.2 Å². The Hall–Kier alpha value is -1.10. The molecule has 0 amide bonds. The van der Waals surface area contributed by atoms with Crippen molar-refractivity contribution in [2.45, 2.75) is 18.9 Å². The van der Waals surface area contributed by atoms with Gasteiger partial charge >= 0.3 is 0 Å². The topological polar surface area (TPSA) is 58.6 Å². The number of halogens is 1. The molecular weight excluding hydrogens is 483 g/mol. The third-order valence-electron chi connectivity index (χ3n) is 5.16. The first kappa shape index (κ1) is 24.2. The molecular formula is C21H35IN4O3. The van der Waals surface area contributed by atoms with E-state index >= 15 is 0 Å². The van der Waals surface area contributed by atoms with E-state index < -0.39 is 0 Å². The molecule has 1 aromatic carbocycles. The van der Waals surface area contributed by atoms with E-state index in [1.807, 2.05) is 37.4 Å². The number of benzene rings is 1. The van der Waals surface area contributed by atoms with Gasteiger partial charge in [-0.3, -0.25) is 9.89 Å². The zero-order valence-corrected chi connectivity index (χ0v) is 19.8. The van der Waals surface area contributed by atoms with E-state index in [0.717, 1.165) is 77.0 Å². The quantitative estimate of drug-likeness (QED) is 0.234. The SMILES string of the molecule is CN=C(NCCOCC1CCCO1)N1CCN(CCOc2ccccc2)CC1.I. The van der Waals surface area contributed by atoms with Crippen LogP contribution in [0.3, 0.4) is 0 Å². The smallest absolute Gasteiger partial charge is 0.193 e. The van der Waals surface area contributed by atoms with Crippen LogP contribution in [0.4, 0.5) is 0 Å². The van der Waals surface area contributed by atoms with Gasteiger partial charge in [0.1, 0.15) is 12.4 Å². The number of nitrogens with zero attached hydrogens (tertiary/aromatic N) is 3. The molecule has 29 heavy (non-hydrogen) atoms. The van der Waals surface area contributed by atoms with E-state index in [-0.39, 0.29) is 24.0 Å². The maximum absolute atomic E-state index is 5.80. The molecule has 0 bridgehead atoms. The molecule has 1 aromatic rings. The number of aliphatic imine (C=N–C) groups is 1. The molecule has 2 aliphatic heterocycles. The van der Waals surface area contributed by atoms with Gasteiger partial charge in [-0.15, -0.1) is 24.0 Å². The Morgan fingerprint density at radius 1 is 1.17 bits per heavy atom. The van der Waals surface area contributed by atoms with Crippen molar-refractivity contribution in [3.63, 3.8) is 0 Å². The molecule has 8 heteroatoms. The summed E-state index contributed by atoms with van der Waals surface area (Å²) < 4.78 is 17.1. The van der Waals surface area contributed by atoms with Crippen LogP contribution < -0.4 is 10.1 Å². The minimum Gasteiger partial charge on any atom is -0.492 e. The Kier molecular flexibility index (Phi) is 11.7. The van der Waals surface area contributed by atoms with Gasteiger partial charge in [0.25, 0.3) is 0 Å². The Bertz CT molecular complexity index is 577.